The maximum atomic E-state index is 12.4. The fourth-order valence-corrected chi connectivity index (χ4v) is 3.76. The zero-order valence-corrected chi connectivity index (χ0v) is 16.6. The van der Waals surface area contributed by atoms with Gasteiger partial charge in [0.1, 0.15) is 12.0 Å². The van der Waals surface area contributed by atoms with Crippen molar-refractivity contribution in [3.05, 3.63) is 77.2 Å². The van der Waals surface area contributed by atoms with Crippen molar-refractivity contribution in [2.45, 2.75) is 32.4 Å². The lowest BCUT2D eigenvalue weighted by Gasteiger charge is -2.28. The molecule has 0 unspecified atom stereocenters. The van der Waals surface area contributed by atoms with Crippen LogP contribution >= 0.6 is 0 Å². The third-order valence-corrected chi connectivity index (χ3v) is 5.27. The van der Waals surface area contributed by atoms with E-state index in [1.165, 1.54) is 11.1 Å². The normalized spacial score (nSPS) is 13.7. The van der Waals surface area contributed by atoms with Crippen molar-refractivity contribution >= 4 is 11.6 Å². The number of anilines is 1. The van der Waals surface area contributed by atoms with Crippen molar-refractivity contribution in [3.63, 3.8) is 0 Å². The van der Waals surface area contributed by atoms with Gasteiger partial charge in [0.15, 0.2) is 0 Å². The van der Waals surface area contributed by atoms with Gasteiger partial charge in [-0.2, -0.15) is 0 Å². The summed E-state index contributed by atoms with van der Waals surface area (Å²) in [6, 6.07) is 15.9. The summed E-state index contributed by atoms with van der Waals surface area (Å²) in [5.41, 5.74) is 5.42. The van der Waals surface area contributed by atoms with Gasteiger partial charge in [-0.1, -0.05) is 29.4 Å². The molecule has 1 N–H and O–H groups in total. The Labute approximate surface area is 170 Å². The van der Waals surface area contributed by atoms with Gasteiger partial charge < -0.3 is 14.6 Å². The number of benzene rings is 2. The molecule has 4 rings (SSSR count). The summed E-state index contributed by atoms with van der Waals surface area (Å²) in [5, 5.41) is 7.03. The number of para-hydroxylation sites is 1. The van der Waals surface area contributed by atoms with E-state index < -0.39 is 0 Å². The second-order valence-corrected chi connectivity index (χ2v) is 7.29. The Bertz CT molecular complexity index is 969. The highest BCUT2D eigenvalue weighted by Crippen LogP contribution is 2.24. The van der Waals surface area contributed by atoms with Crippen molar-refractivity contribution in [1.82, 2.24) is 10.1 Å². The summed E-state index contributed by atoms with van der Waals surface area (Å²) in [4.78, 5) is 14.8. The molecule has 1 amide bonds. The van der Waals surface area contributed by atoms with Crippen LogP contribution in [-0.4, -0.2) is 29.6 Å². The van der Waals surface area contributed by atoms with Crippen LogP contribution in [0.2, 0.25) is 0 Å². The number of hydrogen-bond acceptors (Lipinski definition) is 5. The van der Waals surface area contributed by atoms with Crippen LogP contribution < -0.4 is 10.1 Å². The van der Waals surface area contributed by atoms with E-state index in [0.717, 1.165) is 48.7 Å². The van der Waals surface area contributed by atoms with Crippen LogP contribution in [0.3, 0.4) is 0 Å². The van der Waals surface area contributed by atoms with Gasteiger partial charge >= 0.3 is 0 Å². The Balaban J connectivity index is 1.35. The van der Waals surface area contributed by atoms with Crippen LogP contribution in [0.4, 0.5) is 5.69 Å². The number of carbonyl (C=O) groups excluding carboxylic acids is 1. The number of amides is 1. The SMILES string of the molecule is COc1ccccc1CCC(=O)Nc1ccc2c(c1)CN(Cc1ccon1)CC2. The highest BCUT2D eigenvalue weighted by molar-refractivity contribution is 5.91. The number of ether oxygens (including phenoxy) is 1. The van der Waals surface area contributed by atoms with Crippen molar-refractivity contribution in [2.24, 2.45) is 0 Å². The third-order valence-electron chi connectivity index (χ3n) is 5.27. The van der Waals surface area contributed by atoms with E-state index in [9.17, 15) is 4.79 Å². The fraction of sp³-hybridized carbons (Fsp3) is 0.304. The minimum Gasteiger partial charge on any atom is -0.496 e. The molecule has 0 radical (unpaired) electrons. The van der Waals surface area contributed by atoms with Gasteiger partial charge in [-0.25, -0.2) is 0 Å². The Morgan fingerprint density at radius 1 is 1.21 bits per heavy atom. The summed E-state index contributed by atoms with van der Waals surface area (Å²) >= 11 is 0. The van der Waals surface area contributed by atoms with Crippen molar-refractivity contribution in [2.75, 3.05) is 19.0 Å². The third kappa shape index (κ3) is 4.84. The molecule has 0 atom stereocenters. The lowest BCUT2D eigenvalue weighted by Crippen LogP contribution is -2.30. The molecule has 2 heterocycles. The van der Waals surface area contributed by atoms with Crippen LogP contribution in [0.5, 0.6) is 5.75 Å². The molecule has 0 fully saturated rings. The minimum absolute atomic E-state index is 0.00567. The highest BCUT2D eigenvalue weighted by atomic mass is 16.5. The van der Waals surface area contributed by atoms with E-state index in [1.54, 1.807) is 13.4 Å². The number of hydrogen-bond donors (Lipinski definition) is 1. The van der Waals surface area contributed by atoms with E-state index in [4.69, 9.17) is 9.26 Å². The molecule has 1 aromatic heterocycles. The molecule has 1 aliphatic heterocycles. The molecule has 6 nitrogen and oxygen atoms in total. The van der Waals surface area contributed by atoms with E-state index in [1.807, 2.05) is 36.4 Å². The number of rotatable bonds is 7. The molecule has 0 bridgehead atoms. The van der Waals surface area contributed by atoms with Crippen LogP contribution in [0.25, 0.3) is 0 Å². The van der Waals surface area contributed by atoms with Crippen LogP contribution in [0.1, 0.15) is 28.8 Å². The largest absolute Gasteiger partial charge is 0.496 e. The number of fused-ring (bicyclic) bond motifs is 1. The van der Waals surface area contributed by atoms with Gasteiger partial charge in [-0.3, -0.25) is 9.69 Å². The number of nitrogens with one attached hydrogen (secondary N) is 1. The molecular weight excluding hydrogens is 366 g/mol. The molecule has 6 heteroatoms. The Morgan fingerprint density at radius 2 is 2.10 bits per heavy atom. The molecular formula is C23H25N3O3. The predicted octanol–water partition coefficient (Wildman–Crippen LogP) is 3.81. The second-order valence-electron chi connectivity index (χ2n) is 7.29. The molecule has 29 heavy (non-hydrogen) atoms. The summed E-state index contributed by atoms with van der Waals surface area (Å²) in [5.74, 6) is 0.826. The average molecular weight is 391 g/mol. The lowest BCUT2D eigenvalue weighted by atomic mass is 9.99. The monoisotopic (exact) mass is 391 g/mol. The van der Waals surface area contributed by atoms with E-state index in [0.29, 0.717) is 12.8 Å². The number of carbonyl (C=O) groups is 1. The molecule has 0 aliphatic carbocycles. The first-order valence-corrected chi connectivity index (χ1v) is 9.86. The number of aromatic nitrogens is 1. The maximum Gasteiger partial charge on any atom is 0.224 e. The Hall–Kier alpha value is -3.12. The lowest BCUT2D eigenvalue weighted by molar-refractivity contribution is -0.116. The number of nitrogens with zero attached hydrogens (tertiary/aromatic N) is 2. The first-order chi connectivity index (χ1) is 14.2. The predicted molar refractivity (Wildman–Crippen MR) is 111 cm³/mol. The van der Waals surface area contributed by atoms with Crippen LogP contribution in [0.15, 0.2) is 59.3 Å². The zero-order valence-electron chi connectivity index (χ0n) is 16.6. The topological polar surface area (TPSA) is 67.6 Å². The van der Waals surface area contributed by atoms with Gasteiger partial charge in [-0.15, -0.1) is 0 Å². The molecule has 1 aliphatic rings. The van der Waals surface area contributed by atoms with Gasteiger partial charge in [0.05, 0.1) is 12.8 Å². The van der Waals surface area contributed by atoms with Crippen LogP contribution in [0, 0.1) is 0 Å². The van der Waals surface area contributed by atoms with Crippen molar-refractivity contribution < 1.29 is 14.1 Å². The van der Waals surface area contributed by atoms with E-state index in [2.05, 4.69) is 27.5 Å². The number of methoxy groups -OCH3 is 1. The highest BCUT2D eigenvalue weighted by Gasteiger charge is 2.18. The van der Waals surface area contributed by atoms with Gasteiger partial charge in [0, 0.05) is 37.8 Å². The maximum absolute atomic E-state index is 12.4. The molecule has 150 valence electrons. The molecule has 3 aromatic rings. The standard InChI is InChI=1S/C23H25N3O3/c1-28-22-5-3-2-4-18(22)7-9-23(27)24-20-8-6-17-10-12-26(15-19(17)14-20)16-21-11-13-29-25-21/h2-6,8,11,13-14H,7,9-10,12,15-16H2,1H3,(H,24,27). The van der Waals surface area contributed by atoms with Crippen molar-refractivity contribution in [3.8, 4) is 5.75 Å². The van der Waals surface area contributed by atoms with Gasteiger partial charge in [0.25, 0.3) is 0 Å². The Kier molecular flexibility index (Phi) is 5.91. The van der Waals surface area contributed by atoms with Gasteiger partial charge in [-0.05, 0) is 47.7 Å². The molecule has 0 saturated carbocycles. The minimum atomic E-state index is 0.00567. The fourth-order valence-electron chi connectivity index (χ4n) is 3.76. The summed E-state index contributed by atoms with van der Waals surface area (Å²) in [6.07, 6.45) is 3.66. The van der Waals surface area contributed by atoms with Crippen molar-refractivity contribution in [1.29, 1.82) is 0 Å². The first kappa shape index (κ1) is 19.2. The number of aryl methyl sites for hydroxylation is 1. The first-order valence-electron chi connectivity index (χ1n) is 9.86. The van der Waals surface area contributed by atoms with Gasteiger partial charge in [0.2, 0.25) is 5.91 Å². The summed E-state index contributed by atoms with van der Waals surface area (Å²) in [7, 11) is 1.65. The second kappa shape index (κ2) is 8.92. The smallest absolute Gasteiger partial charge is 0.224 e. The van der Waals surface area contributed by atoms with E-state index in [-0.39, 0.29) is 5.91 Å². The molecule has 0 spiro atoms. The Morgan fingerprint density at radius 3 is 2.93 bits per heavy atom. The van der Waals surface area contributed by atoms with E-state index >= 15 is 0 Å². The molecule has 2 aromatic carbocycles. The average Bonchev–Trinajstić information content (AvgIpc) is 3.25. The van der Waals surface area contributed by atoms with Crippen LogP contribution in [-0.2, 0) is 30.7 Å². The molecule has 0 saturated heterocycles. The quantitative estimate of drug-likeness (QED) is 0.663. The zero-order chi connectivity index (χ0) is 20.1. The summed E-state index contributed by atoms with van der Waals surface area (Å²) in [6.45, 7) is 2.60. The summed E-state index contributed by atoms with van der Waals surface area (Å²) < 4.78 is 10.3.